The molecule has 4 heteroatoms. The highest BCUT2D eigenvalue weighted by Gasteiger charge is 2.17. The number of nitrogens with zero attached hydrogens (tertiary/aromatic N) is 1. The van der Waals surface area contributed by atoms with Gasteiger partial charge in [-0.2, -0.15) is 0 Å². The van der Waals surface area contributed by atoms with Crippen molar-refractivity contribution in [2.75, 3.05) is 5.32 Å². The number of aromatic nitrogens is 1. The number of aromatic carboxylic acids is 1. The van der Waals surface area contributed by atoms with Crippen molar-refractivity contribution in [3.05, 3.63) is 23.4 Å². The monoisotopic (exact) mass is 262 g/mol. The van der Waals surface area contributed by atoms with Crippen LogP contribution >= 0.6 is 0 Å². The number of nitrogens with one attached hydrogen (secondary N) is 1. The highest BCUT2D eigenvalue weighted by Crippen LogP contribution is 2.25. The maximum Gasteiger partial charge on any atom is 0.335 e. The third-order valence-corrected chi connectivity index (χ3v) is 3.81. The zero-order valence-corrected chi connectivity index (χ0v) is 11.6. The Labute approximate surface area is 114 Å². The minimum absolute atomic E-state index is 0.303. The Balaban J connectivity index is 2.07. The van der Waals surface area contributed by atoms with Gasteiger partial charge in [-0.05, 0) is 44.2 Å². The molecule has 1 aromatic rings. The lowest BCUT2D eigenvalue weighted by molar-refractivity contribution is 0.0696. The van der Waals surface area contributed by atoms with E-state index in [2.05, 4.69) is 17.2 Å². The van der Waals surface area contributed by atoms with Gasteiger partial charge in [-0.1, -0.05) is 19.8 Å². The molecule has 2 atom stereocenters. The average molecular weight is 262 g/mol. The lowest BCUT2D eigenvalue weighted by Crippen LogP contribution is -2.19. The maximum atomic E-state index is 11.0. The van der Waals surface area contributed by atoms with Gasteiger partial charge in [0.05, 0.1) is 5.56 Å². The Bertz CT molecular complexity index is 459. The van der Waals surface area contributed by atoms with Gasteiger partial charge in [0.1, 0.15) is 5.82 Å². The van der Waals surface area contributed by atoms with Gasteiger partial charge in [-0.15, -0.1) is 0 Å². The summed E-state index contributed by atoms with van der Waals surface area (Å²) in [5.41, 5.74) is 1.04. The van der Waals surface area contributed by atoms with Crippen LogP contribution in [0.4, 0.5) is 5.82 Å². The molecular weight excluding hydrogens is 240 g/mol. The average Bonchev–Trinajstić information content (AvgIpc) is 2.54. The lowest BCUT2D eigenvalue weighted by atomic mass is 10.0. The van der Waals surface area contributed by atoms with Gasteiger partial charge >= 0.3 is 5.97 Å². The number of hydrogen-bond acceptors (Lipinski definition) is 3. The Morgan fingerprint density at radius 1 is 1.32 bits per heavy atom. The van der Waals surface area contributed by atoms with Crippen molar-refractivity contribution in [3.8, 4) is 0 Å². The predicted octanol–water partition coefficient (Wildman–Crippen LogP) is 3.47. The summed E-state index contributed by atoms with van der Waals surface area (Å²) in [6.45, 7) is 4.13. The fraction of sp³-hybridized carbons (Fsp3) is 0.600. The fourth-order valence-electron chi connectivity index (χ4n) is 2.71. The standard InChI is InChI=1S/C15H22N2O2/c1-10-4-3-5-13(7-6-10)17-14-9-12(15(18)19)8-11(2)16-14/h8-10,13H,3-7H2,1-2H3,(H,16,17)(H,18,19). The zero-order chi connectivity index (χ0) is 13.8. The number of anilines is 1. The molecule has 0 spiro atoms. The van der Waals surface area contributed by atoms with E-state index in [1.54, 1.807) is 12.1 Å². The van der Waals surface area contributed by atoms with E-state index < -0.39 is 5.97 Å². The summed E-state index contributed by atoms with van der Waals surface area (Å²) in [7, 11) is 0. The molecule has 1 fully saturated rings. The Morgan fingerprint density at radius 2 is 2.11 bits per heavy atom. The molecule has 0 aliphatic heterocycles. The number of hydrogen-bond donors (Lipinski definition) is 2. The Hall–Kier alpha value is -1.58. The highest BCUT2D eigenvalue weighted by atomic mass is 16.4. The van der Waals surface area contributed by atoms with Crippen LogP contribution in [0.3, 0.4) is 0 Å². The first kappa shape index (κ1) is 13.8. The molecule has 4 nitrogen and oxygen atoms in total. The molecule has 1 aromatic heterocycles. The van der Waals surface area contributed by atoms with Crippen LogP contribution in [0.25, 0.3) is 0 Å². The minimum atomic E-state index is -0.900. The predicted molar refractivity (Wildman–Crippen MR) is 75.6 cm³/mol. The van der Waals surface area contributed by atoms with Gasteiger partial charge in [0.2, 0.25) is 0 Å². The lowest BCUT2D eigenvalue weighted by Gasteiger charge is -2.17. The molecule has 0 bridgehead atoms. The van der Waals surface area contributed by atoms with E-state index in [0.29, 0.717) is 17.4 Å². The summed E-state index contributed by atoms with van der Waals surface area (Å²) < 4.78 is 0. The molecule has 0 aromatic carbocycles. The SMILES string of the molecule is Cc1cc(C(=O)O)cc(NC2CCCC(C)CC2)n1. The fourth-order valence-corrected chi connectivity index (χ4v) is 2.71. The molecule has 1 heterocycles. The first-order valence-corrected chi connectivity index (χ1v) is 7.03. The largest absolute Gasteiger partial charge is 0.478 e. The van der Waals surface area contributed by atoms with Gasteiger partial charge in [0.15, 0.2) is 0 Å². The minimum Gasteiger partial charge on any atom is -0.478 e. The van der Waals surface area contributed by atoms with Crippen molar-refractivity contribution in [1.29, 1.82) is 0 Å². The van der Waals surface area contributed by atoms with Crippen LogP contribution in [-0.2, 0) is 0 Å². The normalized spacial score (nSPS) is 23.7. The molecule has 1 aliphatic rings. The molecule has 104 valence electrons. The summed E-state index contributed by atoms with van der Waals surface area (Å²) in [5.74, 6) is 0.590. The first-order valence-electron chi connectivity index (χ1n) is 7.03. The molecule has 1 saturated carbocycles. The molecule has 2 unspecified atom stereocenters. The number of carboxylic acid groups (broad SMARTS) is 1. The van der Waals surface area contributed by atoms with Crippen LogP contribution in [0.1, 0.15) is 55.1 Å². The van der Waals surface area contributed by atoms with Gasteiger partial charge in [0, 0.05) is 11.7 Å². The Morgan fingerprint density at radius 3 is 2.84 bits per heavy atom. The van der Waals surface area contributed by atoms with Crippen LogP contribution in [0.5, 0.6) is 0 Å². The number of carboxylic acids is 1. The van der Waals surface area contributed by atoms with Crippen molar-refractivity contribution >= 4 is 11.8 Å². The second-order valence-electron chi connectivity index (χ2n) is 5.64. The first-order chi connectivity index (χ1) is 9.04. The van der Waals surface area contributed by atoms with Crippen LogP contribution < -0.4 is 5.32 Å². The second kappa shape index (κ2) is 6.04. The van der Waals surface area contributed by atoms with Crippen LogP contribution in [0.2, 0.25) is 0 Å². The van der Waals surface area contributed by atoms with E-state index in [9.17, 15) is 4.79 Å². The molecule has 2 N–H and O–H groups in total. The van der Waals surface area contributed by atoms with Crippen LogP contribution in [0.15, 0.2) is 12.1 Å². The smallest absolute Gasteiger partial charge is 0.335 e. The molecule has 0 saturated heterocycles. The third kappa shape index (κ3) is 3.94. The molecule has 2 rings (SSSR count). The van der Waals surface area contributed by atoms with Crippen molar-refractivity contribution in [1.82, 2.24) is 4.98 Å². The van der Waals surface area contributed by atoms with Gasteiger partial charge in [0.25, 0.3) is 0 Å². The van der Waals surface area contributed by atoms with E-state index in [4.69, 9.17) is 5.11 Å². The maximum absolute atomic E-state index is 11.0. The summed E-state index contributed by atoms with van der Waals surface area (Å²) in [6, 6.07) is 3.65. The van der Waals surface area contributed by atoms with Gasteiger partial charge < -0.3 is 10.4 Å². The third-order valence-electron chi connectivity index (χ3n) is 3.81. The molecule has 19 heavy (non-hydrogen) atoms. The summed E-state index contributed by atoms with van der Waals surface area (Å²) in [5, 5.41) is 12.5. The van der Waals surface area contributed by atoms with Crippen LogP contribution in [-0.4, -0.2) is 22.1 Å². The van der Waals surface area contributed by atoms with Crippen LogP contribution in [0, 0.1) is 12.8 Å². The van der Waals surface area contributed by atoms with E-state index >= 15 is 0 Å². The van der Waals surface area contributed by atoms with E-state index in [1.165, 1.54) is 19.3 Å². The zero-order valence-electron chi connectivity index (χ0n) is 11.6. The van der Waals surface area contributed by atoms with Crippen molar-refractivity contribution in [2.45, 2.75) is 52.0 Å². The van der Waals surface area contributed by atoms with Crippen molar-refractivity contribution in [3.63, 3.8) is 0 Å². The molecule has 0 radical (unpaired) electrons. The summed E-state index contributed by atoms with van der Waals surface area (Å²) >= 11 is 0. The molecule has 1 aliphatic carbocycles. The number of rotatable bonds is 3. The quantitative estimate of drug-likeness (QED) is 0.819. The van der Waals surface area contributed by atoms with Crippen molar-refractivity contribution in [2.24, 2.45) is 5.92 Å². The molecular formula is C15H22N2O2. The second-order valence-corrected chi connectivity index (χ2v) is 5.64. The Kier molecular flexibility index (Phi) is 4.40. The number of aryl methyl sites for hydroxylation is 1. The number of carbonyl (C=O) groups is 1. The van der Waals surface area contributed by atoms with E-state index in [0.717, 1.165) is 24.5 Å². The topological polar surface area (TPSA) is 62.2 Å². The molecule has 0 amide bonds. The van der Waals surface area contributed by atoms with Gasteiger partial charge in [-0.25, -0.2) is 9.78 Å². The summed E-state index contributed by atoms with van der Waals surface area (Å²) in [6.07, 6.45) is 6.03. The van der Waals surface area contributed by atoms with E-state index in [-0.39, 0.29) is 0 Å². The summed E-state index contributed by atoms with van der Waals surface area (Å²) in [4.78, 5) is 15.4. The van der Waals surface area contributed by atoms with Gasteiger partial charge in [-0.3, -0.25) is 0 Å². The van der Waals surface area contributed by atoms with E-state index in [1.807, 2.05) is 6.92 Å². The highest BCUT2D eigenvalue weighted by molar-refractivity contribution is 5.88. The van der Waals surface area contributed by atoms with Crippen molar-refractivity contribution < 1.29 is 9.90 Å². The number of pyridine rings is 1.